The molecular formula is C32H31F6N3O4. The lowest BCUT2D eigenvalue weighted by Crippen LogP contribution is -2.40. The van der Waals surface area contributed by atoms with Gasteiger partial charge in [0.05, 0.1) is 17.2 Å². The van der Waals surface area contributed by atoms with Crippen molar-refractivity contribution in [2.45, 2.75) is 43.8 Å². The second-order valence-electron chi connectivity index (χ2n) is 10.8. The van der Waals surface area contributed by atoms with Crippen LogP contribution in [0.2, 0.25) is 0 Å². The van der Waals surface area contributed by atoms with Crippen molar-refractivity contribution < 1.29 is 46.1 Å². The summed E-state index contributed by atoms with van der Waals surface area (Å²) < 4.78 is 82.8. The van der Waals surface area contributed by atoms with Crippen molar-refractivity contribution in [3.63, 3.8) is 0 Å². The van der Waals surface area contributed by atoms with Crippen LogP contribution in [0.4, 0.5) is 26.3 Å². The third kappa shape index (κ3) is 8.15. The normalized spacial score (nSPS) is 13.4. The fourth-order valence-corrected chi connectivity index (χ4v) is 5.13. The van der Waals surface area contributed by atoms with Gasteiger partial charge in [-0.2, -0.15) is 26.3 Å². The number of benzene rings is 3. The molecule has 0 fully saturated rings. The van der Waals surface area contributed by atoms with Gasteiger partial charge in [0.2, 0.25) is 5.91 Å². The van der Waals surface area contributed by atoms with E-state index in [2.05, 4.69) is 5.32 Å². The van der Waals surface area contributed by atoms with Gasteiger partial charge in [-0.05, 0) is 60.4 Å². The van der Waals surface area contributed by atoms with Gasteiger partial charge in [-0.1, -0.05) is 30.3 Å². The lowest BCUT2D eigenvalue weighted by Gasteiger charge is -2.29. The summed E-state index contributed by atoms with van der Waals surface area (Å²) in [5, 5.41) is 23.2. The Hall–Kier alpha value is -4.52. The second-order valence-corrected chi connectivity index (χ2v) is 10.8. The molecule has 0 aliphatic rings. The van der Waals surface area contributed by atoms with E-state index in [1.165, 1.54) is 31.3 Å². The molecule has 0 radical (unpaired) electrons. The molecule has 1 aromatic heterocycles. The standard InChI is InChI=1S/C32H31F6N3O4/c1-40-18-21(26-5-3-4-6-27(26)40)15-24(9-12-29(44)39-17-28(43)19-7-10-25(42)11-8-19)41(2)30(45)20-13-22(31(33,34)35)16-23(14-20)32(36,37)38/h3-8,10-11,13-14,16,18,24,28,42-43H,9,12,15,17H2,1-2H3,(H,39,44). The number of nitrogens with one attached hydrogen (secondary N) is 1. The number of hydrogen-bond acceptors (Lipinski definition) is 4. The fourth-order valence-electron chi connectivity index (χ4n) is 5.13. The van der Waals surface area contributed by atoms with Crippen LogP contribution in [0, 0.1) is 0 Å². The Balaban J connectivity index is 1.58. The zero-order valence-corrected chi connectivity index (χ0v) is 24.3. The molecule has 4 rings (SSSR count). The molecule has 4 aromatic rings. The van der Waals surface area contributed by atoms with E-state index in [-0.39, 0.29) is 37.6 Å². The van der Waals surface area contributed by atoms with Crippen LogP contribution >= 0.6 is 0 Å². The maximum Gasteiger partial charge on any atom is 0.416 e. The summed E-state index contributed by atoms with van der Waals surface area (Å²) in [6, 6.07) is 13.0. The van der Waals surface area contributed by atoms with Gasteiger partial charge >= 0.3 is 12.4 Å². The molecule has 0 aliphatic heterocycles. The highest BCUT2D eigenvalue weighted by Crippen LogP contribution is 2.37. The predicted molar refractivity (Wildman–Crippen MR) is 154 cm³/mol. The molecule has 0 saturated heterocycles. The molecule has 0 bridgehead atoms. The van der Waals surface area contributed by atoms with Crippen molar-refractivity contribution in [3.05, 3.63) is 101 Å². The number of rotatable bonds is 10. The molecule has 0 saturated carbocycles. The first-order chi connectivity index (χ1) is 21.0. The summed E-state index contributed by atoms with van der Waals surface area (Å²) in [5.74, 6) is -1.55. The number of carbonyl (C=O) groups is 2. The number of aliphatic hydroxyl groups is 1. The van der Waals surface area contributed by atoms with Crippen molar-refractivity contribution in [3.8, 4) is 5.75 Å². The number of para-hydroxylation sites is 1. The van der Waals surface area contributed by atoms with E-state index < -0.39 is 53.0 Å². The summed E-state index contributed by atoms with van der Waals surface area (Å²) >= 11 is 0. The molecule has 13 heteroatoms. The Morgan fingerprint density at radius 1 is 0.933 bits per heavy atom. The van der Waals surface area contributed by atoms with Crippen molar-refractivity contribution in [1.82, 2.24) is 14.8 Å². The van der Waals surface area contributed by atoms with Crippen LogP contribution in [0.25, 0.3) is 10.9 Å². The lowest BCUT2D eigenvalue weighted by atomic mass is 9.98. The Kier molecular flexibility index (Phi) is 9.81. The topological polar surface area (TPSA) is 94.8 Å². The number of alkyl halides is 6. The minimum atomic E-state index is -5.12. The van der Waals surface area contributed by atoms with Crippen LogP contribution < -0.4 is 5.32 Å². The van der Waals surface area contributed by atoms with Gasteiger partial charge in [-0.25, -0.2) is 0 Å². The van der Waals surface area contributed by atoms with E-state index in [4.69, 9.17) is 0 Å². The Bertz CT molecular complexity index is 1630. The Morgan fingerprint density at radius 3 is 2.13 bits per heavy atom. The molecule has 1 heterocycles. The number of aromatic hydroxyl groups is 1. The number of carbonyl (C=O) groups excluding carboxylic acids is 2. The Labute approximate surface area is 254 Å². The highest BCUT2D eigenvalue weighted by Gasteiger charge is 2.38. The molecule has 0 spiro atoms. The molecular weight excluding hydrogens is 604 g/mol. The number of nitrogens with zero attached hydrogens (tertiary/aromatic N) is 2. The number of phenols is 1. The first-order valence-corrected chi connectivity index (χ1v) is 13.9. The van der Waals surface area contributed by atoms with E-state index in [1.807, 2.05) is 42.1 Å². The molecule has 2 unspecified atom stereocenters. The molecule has 3 aromatic carbocycles. The quantitative estimate of drug-likeness (QED) is 0.180. The van der Waals surface area contributed by atoms with E-state index in [0.29, 0.717) is 17.7 Å². The average Bonchev–Trinajstić information content (AvgIpc) is 3.31. The lowest BCUT2D eigenvalue weighted by molar-refractivity contribution is -0.143. The summed E-state index contributed by atoms with van der Waals surface area (Å²) in [6.45, 7) is -0.156. The minimum Gasteiger partial charge on any atom is -0.508 e. The fraction of sp³-hybridized carbons (Fsp3) is 0.312. The number of fused-ring (bicyclic) bond motifs is 1. The second kappa shape index (κ2) is 13.2. The third-order valence-electron chi connectivity index (χ3n) is 7.61. The van der Waals surface area contributed by atoms with Gasteiger partial charge in [-0.3, -0.25) is 9.59 Å². The molecule has 2 amide bonds. The van der Waals surface area contributed by atoms with Crippen LogP contribution in [0.5, 0.6) is 5.75 Å². The van der Waals surface area contributed by atoms with Crippen molar-refractivity contribution in [2.24, 2.45) is 7.05 Å². The summed E-state index contributed by atoms with van der Waals surface area (Å²) in [7, 11) is 3.09. The third-order valence-corrected chi connectivity index (χ3v) is 7.61. The van der Waals surface area contributed by atoms with Gasteiger partial charge in [0, 0.05) is 55.8 Å². The molecule has 45 heavy (non-hydrogen) atoms. The SMILES string of the molecule is CN(C(=O)c1cc(C(F)(F)F)cc(C(F)(F)F)c1)C(CCC(=O)NCC(O)c1ccc(O)cc1)Cc1cn(C)c2ccccc12. The van der Waals surface area contributed by atoms with E-state index >= 15 is 0 Å². The maximum absolute atomic E-state index is 13.5. The summed E-state index contributed by atoms with van der Waals surface area (Å²) in [4.78, 5) is 27.3. The van der Waals surface area contributed by atoms with Gasteiger partial charge in [0.15, 0.2) is 0 Å². The number of aliphatic hydroxyl groups excluding tert-OH is 1. The number of halogens is 6. The number of amides is 2. The number of aryl methyl sites for hydroxylation is 1. The molecule has 2 atom stereocenters. The van der Waals surface area contributed by atoms with E-state index in [1.54, 1.807) is 0 Å². The summed E-state index contributed by atoms with van der Waals surface area (Å²) in [6.07, 6.45) is -9.51. The smallest absolute Gasteiger partial charge is 0.416 e. The molecule has 7 nitrogen and oxygen atoms in total. The van der Waals surface area contributed by atoms with Crippen LogP contribution in [-0.4, -0.2) is 51.1 Å². The molecule has 3 N–H and O–H groups in total. The van der Waals surface area contributed by atoms with Gasteiger partial charge < -0.3 is 25.0 Å². The van der Waals surface area contributed by atoms with Gasteiger partial charge in [-0.15, -0.1) is 0 Å². The van der Waals surface area contributed by atoms with E-state index in [9.17, 15) is 46.1 Å². The average molecular weight is 636 g/mol. The van der Waals surface area contributed by atoms with Crippen LogP contribution in [0.1, 0.15) is 51.6 Å². The highest BCUT2D eigenvalue weighted by atomic mass is 19.4. The van der Waals surface area contributed by atoms with Crippen LogP contribution in [0.15, 0.2) is 72.9 Å². The van der Waals surface area contributed by atoms with Crippen molar-refractivity contribution >= 4 is 22.7 Å². The van der Waals surface area contributed by atoms with Crippen LogP contribution in [0.3, 0.4) is 0 Å². The van der Waals surface area contributed by atoms with E-state index in [0.717, 1.165) is 21.4 Å². The van der Waals surface area contributed by atoms with Crippen molar-refractivity contribution in [1.29, 1.82) is 0 Å². The Morgan fingerprint density at radius 2 is 1.53 bits per heavy atom. The van der Waals surface area contributed by atoms with Crippen molar-refractivity contribution in [2.75, 3.05) is 13.6 Å². The summed E-state index contributed by atoms with van der Waals surface area (Å²) in [5.41, 5.74) is -1.91. The first-order valence-electron chi connectivity index (χ1n) is 13.9. The first kappa shape index (κ1) is 33.4. The molecule has 0 aliphatic carbocycles. The number of hydrogen-bond donors (Lipinski definition) is 3. The maximum atomic E-state index is 13.5. The zero-order chi connectivity index (χ0) is 33.1. The molecule has 240 valence electrons. The number of phenolic OH excluding ortho intramolecular Hbond substituents is 1. The monoisotopic (exact) mass is 635 g/mol. The minimum absolute atomic E-state index is 0.00523. The van der Waals surface area contributed by atoms with Gasteiger partial charge in [0.25, 0.3) is 5.91 Å². The number of aromatic nitrogens is 1. The van der Waals surface area contributed by atoms with Crippen LogP contribution in [-0.2, 0) is 30.6 Å². The van der Waals surface area contributed by atoms with Gasteiger partial charge in [0.1, 0.15) is 5.75 Å². The zero-order valence-electron chi connectivity index (χ0n) is 24.3. The highest BCUT2D eigenvalue weighted by molar-refractivity contribution is 5.95. The number of likely N-dealkylation sites (N-methyl/N-ethyl adjacent to an activating group) is 1. The predicted octanol–water partition coefficient (Wildman–Crippen LogP) is 6.23. The largest absolute Gasteiger partial charge is 0.508 e.